The summed E-state index contributed by atoms with van der Waals surface area (Å²) in [6.45, 7) is 4.46. The Labute approximate surface area is 146 Å². The van der Waals surface area contributed by atoms with Gasteiger partial charge in [-0.05, 0) is 42.0 Å². The highest BCUT2D eigenvalue weighted by Gasteiger charge is 2.25. The van der Waals surface area contributed by atoms with Crippen molar-refractivity contribution in [3.63, 3.8) is 0 Å². The number of aromatic amines is 1. The number of rotatable bonds is 5. The summed E-state index contributed by atoms with van der Waals surface area (Å²) in [6, 6.07) is 11.7. The van der Waals surface area contributed by atoms with E-state index in [2.05, 4.69) is 10.3 Å². The van der Waals surface area contributed by atoms with Gasteiger partial charge in [0.15, 0.2) is 0 Å². The molecule has 1 heterocycles. The van der Waals surface area contributed by atoms with Gasteiger partial charge in [-0.2, -0.15) is 0 Å². The van der Waals surface area contributed by atoms with Crippen LogP contribution in [-0.2, 0) is 5.41 Å². The van der Waals surface area contributed by atoms with Gasteiger partial charge in [0.1, 0.15) is 11.6 Å². The van der Waals surface area contributed by atoms with Gasteiger partial charge in [0.2, 0.25) is 0 Å². The molecular weight excluding hydrogens is 319 g/mol. The van der Waals surface area contributed by atoms with Crippen LogP contribution < -0.4 is 10.1 Å². The maximum Gasteiger partial charge on any atom is 0.251 e. The molecule has 1 amide bonds. The van der Waals surface area contributed by atoms with E-state index in [0.29, 0.717) is 17.9 Å². The van der Waals surface area contributed by atoms with Crippen molar-refractivity contribution in [2.45, 2.75) is 19.3 Å². The summed E-state index contributed by atoms with van der Waals surface area (Å²) in [7, 11) is 1.57. The Morgan fingerprint density at radius 1 is 1.24 bits per heavy atom. The molecule has 0 saturated heterocycles. The molecule has 5 heteroatoms. The average Bonchev–Trinajstić information content (AvgIpc) is 3.03. The second-order valence-corrected chi connectivity index (χ2v) is 6.69. The Hall–Kier alpha value is -2.82. The lowest BCUT2D eigenvalue weighted by Gasteiger charge is -2.25. The van der Waals surface area contributed by atoms with Crippen LogP contribution in [0, 0.1) is 5.82 Å². The van der Waals surface area contributed by atoms with E-state index in [4.69, 9.17) is 4.74 Å². The van der Waals surface area contributed by atoms with Crippen molar-refractivity contribution in [1.29, 1.82) is 0 Å². The second-order valence-electron chi connectivity index (χ2n) is 6.69. The topological polar surface area (TPSA) is 54.1 Å². The summed E-state index contributed by atoms with van der Waals surface area (Å²) in [5, 5.41) is 3.79. The summed E-state index contributed by atoms with van der Waals surface area (Å²) in [5.74, 6) is 0.196. The summed E-state index contributed by atoms with van der Waals surface area (Å²) in [6.07, 6.45) is 1.88. The van der Waals surface area contributed by atoms with Crippen molar-refractivity contribution in [3.05, 3.63) is 65.6 Å². The van der Waals surface area contributed by atoms with Crippen molar-refractivity contribution < 1.29 is 13.9 Å². The van der Waals surface area contributed by atoms with Gasteiger partial charge in [-0.3, -0.25) is 4.79 Å². The molecule has 3 rings (SSSR count). The minimum absolute atomic E-state index is 0.169. The molecule has 0 radical (unpaired) electrons. The Bertz CT molecular complexity index is 915. The van der Waals surface area contributed by atoms with E-state index in [1.165, 1.54) is 12.1 Å². The predicted octanol–water partition coefficient (Wildman–Crippen LogP) is 4.02. The fourth-order valence-corrected chi connectivity index (χ4v) is 2.92. The average molecular weight is 340 g/mol. The molecule has 3 aromatic rings. The molecule has 2 aromatic carbocycles. The predicted molar refractivity (Wildman–Crippen MR) is 96.6 cm³/mol. The monoisotopic (exact) mass is 340 g/mol. The fraction of sp³-hybridized carbons (Fsp3) is 0.250. The minimum Gasteiger partial charge on any atom is -0.497 e. The van der Waals surface area contributed by atoms with E-state index in [-0.39, 0.29) is 17.1 Å². The molecule has 0 aliphatic rings. The smallest absolute Gasteiger partial charge is 0.251 e. The zero-order valence-corrected chi connectivity index (χ0v) is 14.5. The molecule has 0 fully saturated rings. The summed E-state index contributed by atoms with van der Waals surface area (Å²) < 4.78 is 18.7. The standard InChI is InChI=1S/C20H21FN2O2/c1-20(2,17-11-22-18-8-7-14(21)10-16(17)18)12-23-19(24)13-5-4-6-15(9-13)25-3/h4-11,22H,12H2,1-3H3,(H,23,24). The Kier molecular flexibility index (Phi) is 4.49. The fourth-order valence-electron chi connectivity index (χ4n) is 2.92. The van der Waals surface area contributed by atoms with Crippen LogP contribution in [0.15, 0.2) is 48.7 Å². The number of carbonyl (C=O) groups excluding carboxylic acids is 1. The van der Waals surface area contributed by atoms with Crippen LogP contribution in [0.3, 0.4) is 0 Å². The van der Waals surface area contributed by atoms with Gasteiger partial charge in [0.25, 0.3) is 5.91 Å². The van der Waals surface area contributed by atoms with Crippen molar-refractivity contribution >= 4 is 16.8 Å². The number of aromatic nitrogens is 1. The first-order chi connectivity index (χ1) is 11.9. The van der Waals surface area contributed by atoms with E-state index in [9.17, 15) is 9.18 Å². The van der Waals surface area contributed by atoms with Gasteiger partial charge in [-0.1, -0.05) is 19.9 Å². The number of benzene rings is 2. The zero-order chi connectivity index (χ0) is 18.0. The first-order valence-electron chi connectivity index (χ1n) is 8.10. The number of nitrogens with one attached hydrogen (secondary N) is 2. The first-order valence-corrected chi connectivity index (χ1v) is 8.10. The lowest BCUT2D eigenvalue weighted by molar-refractivity contribution is 0.0945. The number of halogens is 1. The summed E-state index contributed by atoms with van der Waals surface area (Å²) in [4.78, 5) is 15.6. The molecule has 0 atom stereocenters. The molecule has 0 unspecified atom stereocenters. The molecule has 0 aliphatic heterocycles. The number of amides is 1. The van der Waals surface area contributed by atoms with Crippen LogP contribution >= 0.6 is 0 Å². The molecule has 1 aromatic heterocycles. The van der Waals surface area contributed by atoms with Crippen molar-refractivity contribution in [2.75, 3.05) is 13.7 Å². The van der Waals surface area contributed by atoms with E-state index < -0.39 is 0 Å². The van der Waals surface area contributed by atoms with Gasteiger partial charge >= 0.3 is 0 Å². The van der Waals surface area contributed by atoms with Crippen molar-refractivity contribution in [3.8, 4) is 5.75 Å². The normalized spacial score (nSPS) is 11.5. The molecule has 0 bridgehead atoms. The third kappa shape index (κ3) is 3.50. The molecular formula is C20H21FN2O2. The van der Waals surface area contributed by atoms with Gasteiger partial charge < -0.3 is 15.0 Å². The number of carbonyl (C=O) groups is 1. The minimum atomic E-state index is -0.361. The molecule has 130 valence electrons. The van der Waals surface area contributed by atoms with E-state index >= 15 is 0 Å². The van der Waals surface area contributed by atoms with Gasteiger partial charge in [-0.15, -0.1) is 0 Å². The third-order valence-corrected chi connectivity index (χ3v) is 4.40. The van der Waals surface area contributed by atoms with Gasteiger partial charge in [-0.25, -0.2) is 4.39 Å². The number of fused-ring (bicyclic) bond motifs is 1. The second kappa shape index (κ2) is 6.59. The van der Waals surface area contributed by atoms with Crippen molar-refractivity contribution in [1.82, 2.24) is 10.3 Å². The highest BCUT2D eigenvalue weighted by molar-refractivity contribution is 5.94. The van der Waals surface area contributed by atoms with Gasteiger partial charge in [0, 0.05) is 34.6 Å². The number of hydrogen-bond acceptors (Lipinski definition) is 2. The number of ether oxygens (including phenoxy) is 1. The number of hydrogen-bond donors (Lipinski definition) is 2. The number of H-pyrrole nitrogens is 1. The summed E-state index contributed by atoms with van der Waals surface area (Å²) >= 11 is 0. The van der Waals surface area contributed by atoms with Crippen LogP contribution in [0.2, 0.25) is 0 Å². The lowest BCUT2D eigenvalue weighted by Crippen LogP contribution is -2.36. The van der Waals surface area contributed by atoms with Crippen molar-refractivity contribution in [2.24, 2.45) is 0 Å². The van der Waals surface area contributed by atoms with E-state index in [0.717, 1.165) is 16.5 Å². The maximum absolute atomic E-state index is 13.6. The Balaban J connectivity index is 1.78. The molecule has 2 N–H and O–H groups in total. The summed E-state index contributed by atoms with van der Waals surface area (Å²) in [5.41, 5.74) is 2.03. The molecule has 0 saturated carbocycles. The molecule has 4 nitrogen and oxygen atoms in total. The Morgan fingerprint density at radius 2 is 2.04 bits per heavy atom. The highest BCUT2D eigenvalue weighted by Crippen LogP contribution is 2.30. The van der Waals surface area contributed by atoms with Crippen LogP contribution in [-0.4, -0.2) is 24.5 Å². The van der Waals surface area contributed by atoms with Crippen LogP contribution in [0.1, 0.15) is 29.8 Å². The lowest BCUT2D eigenvalue weighted by atomic mass is 9.84. The SMILES string of the molecule is COc1cccc(C(=O)NCC(C)(C)c2c[nH]c3ccc(F)cc23)c1. The van der Waals surface area contributed by atoms with E-state index in [1.54, 1.807) is 37.4 Å². The quantitative estimate of drug-likeness (QED) is 0.737. The molecule has 0 spiro atoms. The first kappa shape index (κ1) is 17.0. The third-order valence-electron chi connectivity index (χ3n) is 4.40. The van der Waals surface area contributed by atoms with Crippen LogP contribution in [0.4, 0.5) is 4.39 Å². The molecule has 0 aliphatic carbocycles. The van der Waals surface area contributed by atoms with Crippen LogP contribution in [0.25, 0.3) is 10.9 Å². The maximum atomic E-state index is 13.6. The largest absolute Gasteiger partial charge is 0.497 e. The molecule has 25 heavy (non-hydrogen) atoms. The number of methoxy groups -OCH3 is 1. The van der Waals surface area contributed by atoms with Crippen LogP contribution in [0.5, 0.6) is 5.75 Å². The van der Waals surface area contributed by atoms with Gasteiger partial charge in [0.05, 0.1) is 7.11 Å². The Morgan fingerprint density at radius 3 is 2.80 bits per heavy atom. The zero-order valence-electron chi connectivity index (χ0n) is 14.5. The van der Waals surface area contributed by atoms with E-state index in [1.807, 2.05) is 20.0 Å². The highest BCUT2D eigenvalue weighted by atomic mass is 19.1.